The van der Waals surface area contributed by atoms with Crippen LogP contribution in [0.1, 0.15) is 18.1 Å². The van der Waals surface area contributed by atoms with Crippen molar-refractivity contribution in [2.45, 2.75) is 25.3 Å². The van der Waals surface area contributed by atoms with Crippen molar-refractivity contribution < 1.29 is 13.7 Å². The second-order valence-electron chi connectivity index (χ2n) is 5.74. The Kier molecular flexibility index (Phi) is 7.09. The highest BCUT2D eigenvalue weighted by atomic mass is 32.2. The first-order valence-electron chi connectivity index (χ1n) is 7.81. The van der Waals surface area contributed by atoms with Gasteiger partial charge in [-0.15, -0.1) is 0 Å². The van der Waals surface area contributed by atoms with Gasteiger partial charge in [-0.2, -0.15) is 0 Å². The molecule has 0 fully saturated rings. The van der Waals surface area contributed by atoms with Crippen LogP contribution < -0.4 is 0 Å². The summed E-state index contributed by atoms with van der Waals surface area (Å²) in [6, 6.07) is 17.3. The Hall–Kier alpha value is -2.04. The van der Waals surface area contributed by atoms with E-state index in [4.69, 9.17) is 4.74 Å². The van der Waals surface area contributed by atoms with Crippen molar-refractivity contribution in [3.63, 3.8) is 0 Å². The highest BCUT2D eigenvalue weighted by Crippen LogP contribution is 2.09. The first-order chi connectivity index (χ1) is 11.5. The molecule has 2 aromatic carbocycles. The lowest BCUT2D eigenvalue weighted by molar-refractivity contribution is -0.112. The zero-order valence-corrected chi connectivity index (χ0v) is 14.8. The highest BCUT2D eigenvalue weighted by Gasteiger charge is 2.08. The molecule has 0 N–H and O–H groups in total. The lowest BCUT2D eigenvalue weighted by Crippen LogP contribution is -2.09. The molecule has 0 amide bonds. The zero-order chi connectivity index (χ0) is 17.4. The fraction of sp³-hybridized carbons (Fsp3) is 0.250. The van der Waals surface area contributed by atoms with Crippen LogP contribution in [0.5, 0.6) is 0 Å². The molecule has 0 saturated carbocycles. The van der Waals surface area contributed by atoms with E-state index in [1.54, 1.807) is 12.1 Å². The first kappa shape index (κ1) is 18.3. The average Bonchev–Trinajstić information content (AvgIpc) is 2.56. The third-order valence-electron chi connectivity index (χ3n) is 3.41. The molecular formula is C20H22O3S. The third-order valence-corrected chi connectivity index (χ3v) is 4.75. The summed E-state index contributed by atoms with van der Waals surface area (Å²) in [5.41, 5.74) is 3.03. The van der Waals surface area contributed by atoms with Gasteiger partial charge in [-0.3, -0.25) is 9.00 Å². The van der Waals surface area contributed by atoms with Crippen LogP contribution in [0.25, 0.3) is 0 Å². The summed E-state index contributed by atoms with van der Waals surface area (Å²) in [7, 11) is -1.31. The van der Waals surface area contributed by atoms with E-state index in [1.807, 2.05) is 56.3 Å². The number of benzene rings is 2. The quantitative estimate of drug-likeness (QED) is 0.685. The van der Waals surface area contributed by atoms with Crippen molar-refractivity contribution in [1.82, 2.24) is 0 Å². The smallest absolute Gasteiger partial charge is 0.168 e. The summed E-state index contributed by atoms with van der Waals surface area (Å²) < 4.78 is 17.8. The van der Waals surface area contributed by atoms with Crippen LogP contribution in [0, 0.1) is 6.92 Å². The van der Waals surface area contributed by atoms with Crippen LogP contribution in [0.4, 0.5) is 0 Å². The highest BCUT2D eigenvalue weighted by molar-refractivity contribution is 7.85. The fourth-order valence-electron chi connectivity index (χ4n) is 2.16. The number of ether oxygens (including phenoxy) is 1. The standard InChI is InChI=1S/C20H22O3S/c1-16-8-10-20(11-9-16)24(22)15-19(21)12-17(2)13-23-14-18-6-4-3-5-7-18/h3-12H,13-15H2,1-2H3/b17-12+/t24-/m0/s1. The predicted molar refractivity (Wildman–Crippen MR) is 97.3 cm³/mol. The van der Waals surface area contributed by atoms with E-state index in [-0.39, 0.29) is 11.5 Å². The minimum absolute atomic E-state index is 0.000907. The van der Waals surface area contributed by atoms with Gasteiger partial charge in [0.2, 0.25) is 0 Å². The van der Waals surface area contributed by atoms with Gasteiger partial charge in [0.25, 0.3) is 0 Å². The van der Waals surface area contributed by atoms with Crippen molar-refractivity contribution in [2.75, 3.05) is 12.4 Å². The summed E-state index contributed by atoms with van der Waals surface area (Å²) in [5, 5.41) is 0. The van der Waals surface area contributed by atoms with Gasteiger partial charge in [0.1, 0.15) is 0 Å². The van der Waals surface area contributed by atoms with Crippen LogP contribution in [0.2, 0.25) is 0 Å². The number of hydrogen-bond donors (Lipinski definition) is 0. The van der Waals surface area contributed by atoms with E-state index in [2.05, 4.69) is 0 Å². The molecule has 0 spiro atoms. The Labute approximate surface area is 145 Å². The number of ketones is 1. The Morgan fingerprint density at radius 1 is 1.08 bits per heavy atom. The number of carbonyl (C=O) groups is 1. The van der Waals surface area contributed by atoms with Crippen LogP contribution in [0.15, 0.2) is 71.1 Å². The molecule has 0 aliphatic carbocycles. The molecule has 2 rings (SSSR count). The number of hydrogen-bond acceptors (Lipinski definition) is 3. The summed E-state index contributed by atoms with van der Waals surface area (Å²) >= 11 is 0. The molecule has 126 valence electrons. The molecule has 0 aliphatic heterocycles. The Balaban J connectivity index is 1.80. The second-order valence-corrected chi connectivity index (χ2v) is 7.19. The minimum atomic E-state index is -1.31. The largest absolute Gasteiger partial charge is 0.372 e. The topological polar surface area (TPSA) is 43.4 Å². The van der Waals surface area contributed by atoms with Crippen LogP contribution >= 0.6 is 0 Å². The van der Waals surface area contributed by atoms with E-state index in [1.165, 1.54) is 6.08 Å². The maximum absolute atomic E-state index is 12.2. The number of allylic oxidation sites excluding steroid dienone is 1. The number of rotatable bonds is 8. The molecular weight excluding hydrogens is 320 g/mol. The maximum Gasteiger partial charge on any atom is 0.168 e. The van der Waals surface area contributed by atoms with Gasteiger partial charge in [0.15, 0.2) is 5.78 Å². The Bertz CT molecular complexity index is 718. The van der Waals surface area contributed by atoms with E-state index in [0.29, 0.717) is 18.1 Å². The maximum atomic E-state index is 12.2. The van der Waals surface area contributed by atoms with Crippen molar-refractivity contribution in [3.05, 3.63) is 77.4 Å². The normalized spacial score (nSPS) is 12.8. The van der Waals surface area contributed by atoms with Gasteiger partial charge < -0.3 is 4.74 Å². The second kappa shape index (κ2) is 9.30. The van der Waals surface area contributed by atoms with Gasteiger partial charge >= 0.3 is 0 Å². The summed E-state index contributed by atoms with van der Waals surface area (Å²) in [6.07, 6.45) is 1.52. The molecule has 0 radical (unpaired) electrons. The average molecular weight is 342 g/mol. The fourth-order valence-corrected chi connectivity index (χ4v) is 3.11. The van der Waals surface area contributed by atoms with E-state index >= 15 is 0 Å². The zero-order valence-electron chi connectivity index (χ0n) is 14.0. The van der Waals surface area contributed by atoms with E-state index in [9.17, 15) is 9.00 Å². The molecule has 0 saturated heterocycles. The molecule has 0 aliphatic rings. The molecule has 24 heavy (non-hydrogen) atoms. The number of carbonyl (C=O) groups excluding carboxylic acids is 1. The summed E-state index contributed by atoms with van der Waals surface area (Å²) in [5.74, 6) is -0.145. The van der Waals surface area contributed by atoms with Crippen LogP contribution in [-0.2, 0) is 26.9 Å². The monoisotopic (exact) mass is 342 g/mol. The molecule has 4 heteroatoms. The molecule has 0 bridgehead atoms. The van der Waals surface area contributed by atoms with Gasteiger partial charge in [-0.1, -0.05) is 48.0 Å². The number of aryl methyl sites for hydroxylation is 1. The molecule has 0 heterocycles. The molecule has 0 unspecified atom stereocenters. The summed E-state index contributed by atoms with van der Waals surface area (Å²) in [4.78, 5) is 12.7. The van der Waals surface area contributed by atoms with Gasteiger partial charge in [0.05, 0.1) is 29.8 Å². The first-order valence-corrected chi connectivity index (χ1v) is 9.13. The predicted octanol–water partition coefficient (Wildman–Crippen LogP) is 3.83. The molecule has 3 nitrogen and oxygen atoms in total. The van der Waals surface area contributed by atoms with Gasteiger partial charge in [0, 0.05) is 4.90 Å². The van der Waals surface area contributed by atoms with Gasteiger partial charge in [-0.25, -0.2) is 0 Å². The lowest BCUT2D eigenvalue weighted by atomic mass is 10.2. The van der Waals surface area contributed by atoms with Crippen LogP contribution in [0.3, 0.4) is 0 Å². The molecule has 1 atom stereocenters. The van der Waals surface area contributed by atoms with Crippen molar-refractivity contribution >= 4 is 16.6 Å². The third kappa shape index (κ3) is 6.22. The minimum Gasteiger partial charge on any atom is -0.372 e. The van der Waals surface area contributed by atoms with Crippen molar-refractivity contribution in [3.8, 4) is 0 Å². The van der Waals surface area contributed by atoms with Crippen molar-refractivity contribution in [2.24, 2.45) is 0 Å². The van der Waals surface area contributed by atoms with E-state index < -0.39 is 10.8 Å². The lowest BCUT2D eigenvalue weighted by Gasteiger charge is -2.05. The SMILES string of the molecule is C/C(=C\C(=O)C[S@](=O)c1ccc(C)cc1)COCc1ccccc1. The molecule has 2 aromatic rings. The van der Waals surface area contributed by atoms with Gasteiger partial charge in [-0.05, 0) is 43.2 Å². The molecule has 0 aromatic heterocycles. The van der Waals surface area contributed by atoms with Crippen molar-refractivity contribution in [1.29, 1.82) is 0 Å². The Morgan fingerprint density at radius 2 is 1.75 bits per heavy atom. The Morgan fingerprint density at radius 3 is 2.42 bits per heavy atom. The summed E-state index contributed by atoms with van der Waals surface area (Å²) in [6.45, 7) is 4.71. The van der Waals surface area contributed by atoms with Crippen LogP contribution in [-0.4, -0.2) is 22.4 Å². The van der Waals surface area contributed by atoms with E-state index in [0.717, 1.165) is 16.7 Å².